The summed E-state index contributed by atoms with van der Waals surface area (Å²) < 4.78 is 17.7. The van der Waals surface area contributed by atoms with E-state index in [-0.39, 0.29) is 0 Å². The average molecular weight is 255 g/mol. The van der Waals surface area contributed by atoms with Crippen molar-refractivity contribution >= 4 is 0 Å². The second-order valence-electron chi connectivity index (χ2n) is 4.32. The number of nitrogens with zero attached hydrogens (tertiary/aromatic N) is 3. The predicted octanol–water partition coefficient (Wildman–Crippen LogP) is -2.24. The van der Waals surface area contributed by atoms with Crippen molar-refractivity contribution in [2.45, 2.75) is 18.7 Å². The highest BCUT2D eigenvalue weighted by Crippen LogP contribution is 2.23. The monoisotopic (exact) mass is 255 g/mol. The lowest BCUT2D eigenvalue weighted by Gasteiger charge is -2.09. The molecule has 4 heterocycles. The van der Waals surface area contributed by atoms with Crippen molar-refractivity contribution in [1.82, 2.24) is 13.7 Å². The number of epoxide rings is 3. The number of hydrogen-bond donors (Lipinski definition) is 0. The van der Waals surface area contributed by atoms with E-state index in [0.29, 0.717) is 19.8 Å². The minimum atomic E-state index is -0.688. The van der Waals surface area contributed by atoms with E-state index in [1.54, 1.807) is 0 Å². The molecule has 1 aromatic rings. The van der Waals surface area contributed by atoms with Crippen LogP contribution in [0.2, 0.25) is 0 Å². The maximum absolute atomic E-state index is 12.1. The zero-order chi connectivity index (χ0) is 12.4. The Balaban J connectivity index is 2.06. The molecule has 3 fully saturated rings. The molecular formula is C9H9N3O6. The van der Waals surface area contributed by atoms with Crippen molar-refractivity contribution in [3.8, 4) is 0 Å². The summed E-state index contributed by atoms with van der Waals surface area (Å²) in [6.07, 6.45) is -1.75. The maximum atomic E-state index is 12.1. The van der Waals surface area contributed by atoms with Gasteiger partial charge in [-0.05, 0) is 0 Å². The molecule has 3 atom stereocenters. The smallest absolute Gasteiger partial charge is 0.340 e. The van der Waals surface area contributed by atoms with Crippen molar-refractivity contribution in [3.05, 3.63) is 31.5 Å². The molecule has 18 heavy (non-hydrogen) atoms. The van der Waals surface area contributed by atoms with Gasteiger partial charge in [-0.1, -0.05) is 0 Å². The van der Waals surface area contributed by atoms with Crippen LogP contribution < -0.4 is 17.1 Å². The van der Waals surface area contributed by atoms with E-state index in [4.69, 9.17) is 14.2 Å². The van der Waals surface area contributed by atoms with Gasteiger partial charge in [0.25, 0.3) is 0 Å². The summed E-state index contributed by atoms with van der Waals surface area (Å²) in [6.45, 7) is 0.888. The molecule has 0 aromatic carbocycles. The molecule has 3 aliphatic heterocycles. The zero-order valence-electron chi connectivity index (χ0n) is 9.14. The summed E-state index contributed by atoms with van der Waals surface area (Å²) >= 11 is 0. The molecule has 0 aliphatic carbocycles. The van der Waals surface area contributed by atoms with Crippen molar-refractivity contribution in [3.63, 3.8) is 0 Å². The number of hydrogen-bond acceptors (Lipinski definition) is 6. The third kappa shape index (κ3) is 1.35. The van der Waals surface area contributed by atoms with Gasteiger partial charge < -0.3 is 14.2 Å². The van der Waals surface area contributed by atoms with Crippen molar-refractivity contribution < 1.29 is 14.2 Å². The molecule has 0 amide bonds. The molecule has 3 saturated heterocycles. The molecule has 0 radical (unpaired) electrons. The summed E-state index contributed by atoms with van der Waals surface area (Å²) in [5.74, 6) is 0. The first-order valence-corrected chi connectivity index (χ1v) is 5.53. The number of ether oxygens (including phenoxy) is 3. The van der Waals surface area contributed by atoms with Crippen molar-refractivity contribution in [2.75, 3.05) is 19.8 Å². The molecule has 0 spiro atoms. The lowest BCUT2D eigenvalue weighted by molar-refractivity contribution is 0.267. The Bertz CT molecular complexity index is 562. The minimum Gasteiger partial charge on any atom is -0.350 e. The van der Waals surface area contributed by atoms with E-state index in [2.05, 4.69) is 0 Å². The Morgan fingerprint density at radius 1 is 0.667 bits per heavy atom. The zero-order valence-corrected chi connectivity index (χ0v) is 9.14. The normalized spacial score (nSPS) is 32.3. The van der Waals surface area contributed by atoms with Crippen LogP contribution in [0.1, 0.15) is 18.7 Å². The Hall–Kier alpha value is -1.71. The van der Waals surface area contributed by atoms with E-state index in [0.717, 1.165) is 13.7 Å². The highest BCUT2D eigenvalue weighted by Gasteiger charge is 2.39. The first-order chi connectivity index (χ1) is 8.68. The molecule has 9 nitrogen and oxygen atoms in total. The molecule has 3 aliphatic rings. The quantitative estimate of drug-likeness (QED) is 0.565. The molecule has 1 aromatic heterocycles. The van der Waals surface area contributed by atoms with Crippen LogP contribution in [0.4, 0.5) is 0 Å². The van der Waals surface area contributed by atoms with Crippen LogP contribution >= 0.6 is 0 Å². The Labute approximate surface area is 98.7 Å². The van der Waals surface area contributed by atoms with Crippen LogP contribution in [-0.4, -0.2) is 33.5 Å². The Morgan fingerprint density at radius 3 is 1.06 bits per heavy atom. The summed E-state index contributed by atoms with van der Waals surface area (Å²) in [4.78, 5) is 36.2. The summed E-state index contributed by atoms with van der Waals surface area (Å²) in [5, 5.41) is 0. The van der Waals surface area contributed by atoms with Crippen LogP contribution in [-0.2, 0) is 14.2 Å². The van der Waals surface area contributed by atoms with Crippen LogP contribution in [0.15, 0.2) is 14.4 Å². The van der Waals surface area contributed by atoms with Crippen LogP contribution in [0.3, 0.4) is 0 Å². The van der Waals surface area contributed by atoms with Gasteiger partial charge in [0.2, 0.25) is 0 Å². The minimum absolute atomic E-state index is 0.296. The lowest BCUT2D eigenvalue weighted by Crippen LogP contribution is -2.54. The number of rotatable bonds is 3. The van der Waals surface area contributed by atoms with Gasteiger partial charge in [-0.3, -0.25) is 0 Å². The molecule has 3 unspecified atom stereocenters. The molecule has 0 N–H and O–H groups in total. The van der Waals surface area contributed by atoms with E-state index in [1.807, 2.05) is 0 Å². The highest BCUT2D eigenvalue weighted by atomic mass is 16.6. The molecule has 4 rings (SSSR count). The van der Waals surface area contributed by atoms with E-state index < -0.39 is 35.8 Å². The highest BCUT2D eigenvalue weighted by molar-refractivity contribution is 4.89. The summed E-state index contributed by atoms with van der Waals surface area (Å²) in [5.41, 5.74) is -2.06. The van der Waals surface area contributed by atoms with Gasteiger partial charge in [0, 0.05) is 0 Å². The molecule has 9 heteroatoms. The Morgan fingerprint density at radius 2 is 0.889 bits per heavy atom. The fourth-order valence-electron chi connectivity index (χ4n) is 1.91. The number of aromatic nitrogens is 3. The molecular weight excluding hydrogens is 246 g/mol. The lowest BCUT2D eigenvalue weighted by atomic mass is 10.6. The van der Waals surface area contributed by atoms with Gasteiger partial charge in [0.15, 0.2) is 18.7 Å². The Kier molecular flexibility index (Phi) is 1.81. The maximum Gasteiger partial charge on any atom is 0.340 e. The van der Waals surface area contributed by atoms with Crippen molar-refractivity contribution in [2.24, 2.45) is 0 Å². The van der Waals surface area contributed by atoms with Gasteiger partial charge in [-0.25, -0.2) is 28.1 Å². The second kappa shape index (κ2) is 3.19. The van der Waals surface area contributed by atoms with Gasteiger partial charge in [-0.2, -0.15) is 0 Å². The standard InChI is InChI=1S/C9H9N3O6/c13-7-10(4-1-16-4)8(14)12(6-3-18-6)9(15)11(7)5-2-17-5/h4-6H,1-3H2. The topological polar surface area (TPSA) is 104 Å². The van der Waals surface area contributed by atoms with Gasteiger partial charge in [0.1, 0.15) is 0 Å². The third-order valence-corrected chi connectivity index (χ3v) is 3.05. The first kappa shape index (κ1) is 10.2. The van der Waals surface area contributed by atoms with Gasteiger partial charge in [0.05, 0.1) is 19.8 Å². The van der Waals surface area contributed by atoms with Gasteiger partial charge >= 0.3 is 17.1 Å². The average Bonchev–Trinajstić information content (AvgIpc) is 3.11. The predicted molar refractivity (Wildman–Crippen MR) is 54.2 cm³/mol. The summed E-state index contributed by atoms with van der Waals surface area (Å²) in [7, 11) is 0. The first-order valence-electron chi connectivity index (χ1n) is 5.53. The van der Waals surface area contributed by atoms with Crippen LogP contribution in [0, 0.1) is 0 Å². The van der Waals surface area contributed by atoms with E-state index in [9.17, 15) is 14.4 Å². The van der Waals surface area contributed by atoms with E-state index >= 15 is 0 Å². The van der Waals surface area contributed by atoms with Gasteiger partial charge in [-0.15, -0.1) is 0 Å². The molecule has 0 bridgehead atoms. The second-order valence-corrected chi connectivity index (χ2v) is 4.32. The van der Waals surface area contributed by atoms with Crippen LogP contribution in [0.25, 0.3) is 0 Å². The SMILES string of the molecule is O=c1n(C2CO2)c(=O)n(C2CO2)c(=O)n1C1CO1. The van der Waals surface area contributed by atoms with E-state index in [1.165, 1.54) is 0 Å². The third-order valence-electron chi connectivity index (χ3n) is 3.05. The summed E-state index contributed by atoms with van der Waals surface area (Å²) in [6, 6.07) is 0. The fraction of sp³-hybridized carbons (Fsp3) is 0.667. The van der Waals surface area contributed by atoms with Crippen molar-refractivity contribution in [1.29, 1.82) is 0 Å². The molecule has 0 saturated carbocycles. The molecule has 96 valence electrons. The van der Waals surface area contributed by atoms with Crippen LogP contribution in [0.5, 0.6) is 0 Å². The largest absolute Gasteiger partial charge is 0.350 e. The fourth-order valence-corrected chi connectivity index (χ4v) is 1.91.